The Kier molecular flexibility index (Phi) is 6.35. The minimum absolute atomic E-state index is 0.0113. The first-order valence-electron chi connectivity index (χ1n) is 9.86. The highest BCUT2D eigenvalue weighted by molar-refractivity contribution is 6.40. The number of halogens is 2. The number of amides is 3. The lowest BCUT2D eigenvalue weighted by Gasteiger charge is -2.38. The largest absolute Gasteiger partial charge is 0.350 e. The third-order valence-electron chi connectivity index (χ3n) is 4.97. The first-order chi connectivity index (χ1) is 14.4. The number of hydrogen-bond acceptors (Lipinski definition) is 3. The zero-order chi connectivity index (χ0) is 23.1. The summed E-state index contributed by atoms with van der Waals surface area (Å²) in [5, 5.41) is 3.15. The van der Waals surface area contributed by atoms with Crippen molar-refractivity contribution in [3.05, 3.63) is 63.1 Å². The number of hydrogen-bond donors (Lipinski definition) is 1. The molecule has 8 heteroatoms. The number of aryl methyl sites for hydroxylation is 1. The van der Waals surface area contributed by atoms with Gasteiger partial charge in [-0.15, -0.1) is 0 Å². The van der Waals surface area contributed by atoms with Crippen LogP contribution in [0.1, 0.15) is 47.1 Å². The fourth-order valence-electron chi connectivity index (χ4n) is 3.50. The molecule has 3 rings (SSSR count). The van der Waals surface area contributed by atoms with Crippen LogP contribution in [0.5, 0.6) is 0 Å². The van der Waals surface area contributed by atoms with E-state index in [4.69, 9.17) is 23.2 Å². The molecule has 0 aliphatic carbocycles. The van der Waals surface area contributed by atoms with Gasteiger partial charge in [0.1, 0.15) is 6.04 Å². The standard InChI is InChI=1S/C23H25Cl2N3O3/c1-13-6-8-14(9-7-13)28-17(20(29)26-23(2,3)4)12-27(5)21(30)18-15(24)10-11-16(25)19(18)22(28)31/h6-11,17H,12H2,1-5H3,(H,26,29). The Bertz CT molecular complexity index is 1050. The molecule has 0 saturated carbocycles. The lowest BCUT2D eigenvalue weighted by atomic mass is 9.99. The molecule has 1 heterocycles. The van der Waals surface area contributed by atoms with Gasteiger partial charge in [0.25, 0.3) is 11.8 Å². The third kappa shape index (κ3) is 4.70. The molecule has 6 nitrogen and oxygen atoms in total. The maximum atomic E-state index is 13.8. The number of carbonyl (C=O) groups excluding carboxylic acids is 3. The van der Waals surface area contributed by atoms with E-state index in [1.165, 1.54) is 21.9 Å². The van der Waals surface area contributed by atoms with Gasteiger partial charge in [0, 0.05) is 18.3 Å². The van der Waals surface area contributed by atoms with Crippen LogP contribution >= 0.6 is 23.2 Å². The molecular formula is C23H25Cl2N3O3. The molecule has 1 aliphatic rings. The highest BCUT2D eigenvalue weighted by Gasteiger charge is 2.40. The smallest absolute Gasteiger partial charge is 0.261 e. The second-order valence-electron chi connectivity index (χ2n) is 8.73. The molecule has 1 atom stereocenters. The van der Waals surface area contributed by atoms with Crippen molar-refractivity contribution >= 4 is 46.6 Å². The van der Waals surface area contributed by atoms with Crippen LogP contribution in [-0.4, -0.2) is 47.8 Å². The fraction of sp³-hybridized carbons (Fsp3) is 0.348. The first kappa shape index (κ1) is 23.1. The number of benzene rings is 2. The molecule has 0 saturated heterocycles. The number of fused-ring (bicyclic) bond motifs is 1. The van der Waals surface area contributed by atoms with E-state index in [1.54, 1.807) is 19.2 Å². The van der Waals surface area contributed by atoms with E-state index in [2.05, 4.69) is 5.32 Å². The van der Waals surface area contributed by atoms with E-state index >= 15 is 0 Å². The van der Waals surface area contributed by atoms with Crippen molar-refractivity contribution in [2.24, 2.45) is 0 Å². The summed E-state index contributed by atoms with van der Waals surface area (Å²) < 4.78 is 0. The van der Waals surface area contributed by atoms with Gasteiger partial charge in [0.2, 0.25) is 5.91 Å². The Morgan fingerprint density at radius 2 is 1.48 bits per heavy atom. The normalized spacial score (nSPS) is 17.2. The van der Waals surface area contributed by atoms with Crippen LogP contribution in [0.3, 0.4) is 0 Å². The van der Waals surface area contributed by atoms with Gasteiger partial charge < -0.3 is 10.2 Å². The molecule has 1 aliphatic heterocycles. The summed E-state index contributed by atoms with van der Waals surface area (Å²) in [6.45, 7) is 7.48. The van der Waals surface area contributed by atoms with Gasteiger partial charge in [-0.25, -0.2) is 0 Å². The topological polar surface area (TPSA) is 69.7 Å². The highest BCUT2D eigenvalue weighted by Crippen LogP contribution is 2.33. The number of carbonyl (C=O) groups is 3. The Labute approximate surface area is 192 Å². The molecular weight excluding hydrogens is 437 g/mol. The monoisotopic (exact) mass is 461 g/mol. The molecule has 0 radical (unpaired) electrons. The van der Waals surface area contributed by atoms with Crippen molar-refractivity contribution in [1.82, 2.24) is 10.2 Å². The van der Waals surface area contributed by atoms with E-state index in [0.29, 0.717) is 5.69 Å². The number of likely N-dealkylation sites (N-methyl/N-ethyl adjacent to an activating group) is 1. The molecule has 1 unspecified atom stereocenters. The van der Waals surface area contributed by atoms with E-state index in [-0.39, 0.29) is 33.6 Å². The number of anilines is 1. The second kappa shape index (κ2) is 8.52. The van der Waals surface area contributed by atoms with Crippen molar-refractivity contribution in [3.63, 3.8) is 0 Å². The second-order valence-corrected chi connectivity index (χ2v) is 9.55. The summed E-state index contributed by atoms with van der Waals surface area (Å²) in [5.74, 6) is -1.39. The van der Waals surface area contributed by atoms with Gasteiger partial charge in [-0.05, 0) is 52.0 Å². The Balaban J connectivity index is 2.25. The van der Waals surface area contributed by atoms with Crippen LogP contribution in [0, 0.1) is 6.92 Å². The molecule has 0 fully saturated rings. The quantitative estimate of drug-likeness (QED) is 0.723. The Morgan fingerprint density at radius 1 is 0.968 bits per heavy atom. The van der Waals surface area contributed by atoms with E-state index in [9.17, 15) is 14.4 Å². The Morgan fingerprint density at radius 3 is 2.00 bits per heavy atom. The van der Waals surface area contributed by atoms with E-state index in [1.807, 2.05) is 39.8 Å². The van der Waals surface area contributed by atoms with E-state index in [0.717, 1.165) is 5.56 Å². The molecule has 31 heavy (non-hydrogen) atoms. The number of nitrogens with zero attached hydrogens (tertiary/aromatic N) is 2. The van der Waals surface area contributed by atoms with Crippen molar-refractivity contribution < 1.29 is 14.4 Å². The average molecular weight is 462 g/mol. The van der Waals surface area contributed by atoms with Crippen molar-refractivity contribution in [2.45, 2.75) is 39.3 Å². The van der Waals surface area contributed by atoms with Crippen LogP contribution in [0.4, 0.5) is 5.69 Å². The summed E-state index contributed by atoms with van der Waals surface area (Å²) in [6, 6.07) is 9.26. The molecule has 2 aromatic carbocycles. The summed E-state index contributed by atoms with van der Waals surface area (Å²) in [7, 11) is 1.57. The highest BCUT2D eigenvalue weighted by atomic mass is 35.5. The summed E-state index contributed by atoms with van der Waals surface area (Å²) in [5.41, 5.74) is 1.03. The van der Waals surface area contributed by atoms with Crippen LogP contribution in [0.25, 0.3) is 0 Å². The van der Waals surface area contributed by atoms with Gasteiger partial charge in [-0.2, -0.15) is 0 Å². The zero-order valence-electron chi connectivity index (χ0n) is 18.1. The molecule has 0 aromatic heterocycles. The van der Waals surface area contributed by atoms with Crippen LogP contribution in [0.2, 0.25) is 10.0 Å². The molecule has 0 spiro atoms. The SMILES string of the molecule is Cc1ccc(N2C(=O)c3c(Cl)ccc(Cl)c3C(=O)N(C)CC2C(=O)NC(C)(C)C)cc1. The summed E-state index contributed by atoms with van der Waals surface area (Å²) in [6.07, 6.45) is 0. The average Bonchev–Trinajstić information content (AvgIpc) is 2.67. The first-order valence-corrected chi connectivity index (χ1v) is 10.6. The maximum Gasteiger partial charge on any atom is 0.261 e. The molecule has 2 aromatic rings. The summed E-state index contributed by atoms with van der Waals surface area (Å²) in [4.78, 5) is 43.0. The minimum atomic E-state index is -0.966. The number of rotatable bonds is 2. The zero-order valence-corrected chi connectivity index (χ0v) is 19.6. The third-order valence-corrected chi connectivity index (χ3v) is 5.60. The summed E-state index contributed by atoms with van der Waals surface area (Å²) >= 11 is 12.7. The van der Waals surface area contributed by atoms with Crippen molar-refractivity contribution in [1.29, 1.82) is 0 Å². The van der Waals surface area contributed by atoms with Crippen LogP contribution in [-0.2, 0) is 4.79 Å². The van der Waals surface area contributed by atoms with Gasteiger partial charge in [0.05, 0.1) is 27.7 Å². The predicted molar refractivity (Wildman–Crippen MR) is 123 cm³/mol. The molecule has 1 N–H and O–H groups in total. The molecule has 164 valence electrons. The molecule has 3 amide bonds. The minimum Gasteiger partial charge on any atom is -0.350 e. The van der Waals surface area contributed by atoms with Crippen LogP contribution in [0.15, 0.2) is 36.4 Å². The number of nitrogens with one attached hydrogen (secondary N) is 1. The molecule has 0 bridgehead atoms. The predicted octanol–water partition coefficient (Wildman–Crippen LogP) is 4.32. The van der Waals surface area contributed by atoms with E-state index < -0.39 is 23.4 Å². The van der Waals surface area contributed by atoms with Crippen LogP contribution < -0.4 is 10.2 Å². The van der Waals surface area contributed by atoms with Gasteiger partial charge in [-0.1, -0.05) is 40.9 Å². The maximum absolute atomic E-state index is 13.8. The van der Waals surface area contributed by atoms with Gasteiger partial charge in [-0.3, -0.25) is 19.3 Å². The van der Waals surface area contributed by atoms with Gasteiger partial charge in [0.15, 0.2) is 0 Å². The fourth-order valence-corrected chi connectivity index (χ4v) is 3.98. The van der Waals surface area contributed by atoms with Gasteiger partial charge >= 0.3 is 0 Å². The Hall–Kier alpha value is -2.57. The lowest BCUT2D eigenvalue weighted by molar-refractivity contribution is -0.124. The van der Waals surface area contributed by atoms with Crippen molar-refractivity contribution in [2.75, 3.05) is 18.5 Å². The van der Waals surface area contributed by atoms with Crippen molar-refractivity contribution in [3.8, 4) is 0 Å². The lowest BCUT2D eigenvalue weighted by Crippen LogP contribution is -2.59.